The van der Waals surface area contributed by atoms with E-state index in [1.165, 1.54) is 37.3 Å². The fraction of sp³-hybridized carbons (Fsp3) is 0.333. The van der Waals surface area contributed by atoms with E-state index in [1.807, 2.05) is 0 Å². The van der Waals surface area contributed by atoms with E-state index >= 15 is 0 Å². The largest absolute Gasteiger partial charge is 0.491 e. The summed E-state index contributed by atoms with van der Waals surface area (Å²) in [5.74, 6) is 0.0187. The Morgan fingerprint density at radius 3 is 2.39 bits per heavy atom. The van der Waals surface area contributed by atoms with Crippen molar-refractivity contribution >= 4 is 17.3 Å². The monoisotopic (exact) mass is 473 g/mol. The zero-order valence-corrected chi connectivity index (χ0v) is 17.0. The molecule has 12 heteroatoms. The molecule has 0 spiro atoms. The third-order valence-electron chi connectivity index (χ3n) is 4.66. The number of amides is 1. The highest BCUT2D eigenvalue weighted by molar-refractivity contribution is 5.88. The lowest BCUT2D eigenvalue weighted by molar-refractivity contribution is -0.215. The van der Waals surface area contributed by atoms with Crippen LogP contribution >= 0.6 is 0 Å². The fourth-order valence-electron chi connectivity index (χ4n) is 3.27. The van der Waals surface area contributed by atoms with E-state index in [-0.39, 0.29) is 18.2 Å². The Kier molecular flexibility index (Phi) is 6.73. The predicted molar refractivity (Wildman–Crippen MR) is 104 cm³/mol. The van der Waals surface area contributed by atoms with Crippen molar-refractivity contribution in [3.05, 3.63) is 53.6 Å². The van der Waals surface area contributed by atoms with E-state index in [0.29, 0.717) is 22.4 Å². The van der Waals surface area contributed by atoms with Gasteiger partial charge in [0.25, 0.3) is 0 Å². The van der Waals surface area contributed by atoms with Gasteiger partial charge in [0.15, 0.2) is 0 Å². The van der Waals surface area contributed by atoms with Gasteiger partial charge in [-0.25, -0.2) is 0 Å². The van der Waals surface area contributed by atoms with Gasteiger partial charge in [-0.3, -0.25) is 4.79 Å². The topological polar surface area (TPSA) is 74.6 Å². The summed E-state index contributed by atoms with van der Waals surface area (Å²) in [6.07, 6.45) is -13.4. The molecule has 0 bridgehead atoms. The van der Waals surface area contributed by atoms with Crippen LogP contribution in [0.3, 0.4) is 0 Å². The second-order valence-corrected chi connectivity index (χ2v) is 7.16. The average molecular weight is 473 g/mol. The van der Waals surface area contributed by atoms with Crippen molar-refractivity contribution in [1.82, 2.24) is 0 Å². The molecule has 176 valence electrons. The molecule has 1 heterocycles. The summed E-state index contributed by atoms with van der Waals surface area (Å²) >= 11 is 0. The third kappa shape index (κ3) is 5.87. The lowest BCUT2D eigenvalue weighted by Gasteiger charge is -2.27. The van der Waals surface area contributed by atoms with E-state index in [9.17, 15) is 31.1 Å². The maximum atomic E-state index is 13.5. The van der Waals surface area contributed by atoms with Crippen molar-refractivity contribution in [2.45, 2.75) is 31.6 Å². The number of nitriles is 1. The normalized spacial score (nSPS) is 18.7. The molecule has 2 aromatic rings. The van der Waals surface area contributed by atoms with E-state index in [2.05, 4.69) is 5.32 Å². The molecule has 6 nitrogen and oxygen atoms in total. The van der Waals surface area contributed by atoms with Gasteiger partial charge in [0.2, 0.25) is 12.1 Å². The quantitative estimate of drug-likeness (QED) is 0.637. The van der Waals surface area contributed by atoms with Gasteiger partial charge in [-0.15, -0.1) is 0 Å². The number of nitrogens with zero attached hydrogens (tertiary/aromatic N) is 2. The van der Waals surface area contributed by atoms with Gasteiger partial charge < -0.3 is 19.7 Å². The molecule has 1 aliphatic rings. The molecular weight excluding hydrogens is 456 g/mol. The summed E-state index contributed by atoms with van der Waals surface area (Å²) in [7, 11) is 0. The average Bonchev–Trinajstić information content (AvgIpc) is 3.17. The molecule has 1 saturated heterocycles. The van der Waals surface area contributed by atoms with Crippen LogP contribution in [-0.4, -0.2) is 37.6 Å². The number of ether oxygens (including phenoxy) is 2. The van der Waals surface area contributed by atoms with Crippen LogP contribution in [0.5, 0.6) is 5.75 Å². The highest BCUT2D eigenvalue weighted by Crippen LogP contribution is 2.39. The minimum absolute atomic E-state index is 0.280. The highest BCUT2D eigenvalue weighted by Gasteiger charge is 2.51. The number of nitrogens with one attached hydrogen (secondary N) is 1. The van der Waals surface area contributed by atoms with Gasteiger partial charge in [0.05, 0.1) is 23.7 Å². The summed E-state index contributed by atoms with van der Waals surface area (Å²) in [6.45, 7) is 0.637. The number of hydrogen-bond acceptors (Lipinski definition) is 5. The first-order valence-corrected chi connectivity index (χ1v) is 9.49. The van der Waals surface area contributed by atoms with Gasteiger partial charge in [0.1, 0.15) is 18.5 Å². The van der Waals surface area contributed by atoms with Crippen LogP contribution in [0, 0.1) is 11.3 Å². The Balaban J connectivity index is 1.77. The van der Waals surface area contributed by atoms with Crippen LogP contribution in [0.25, 0.3) is 0 Å². The lowest BCUT2D eigenvalue weighted by atomic mass is 10.1. The SMILES string of the molecule is CC(=O)Nc1ccc(OCC2CN(c3ccc(C#N)c(C(F)(F)F)c3)C(C(F)(F)F)O2)cc1. The Morgan fingerprint density at radius 1 is 1.18 bits per heavy atom. The second kappa shape index (κ2) is 9.19. The summed E-state index contributed by atoms with van der Waals surface area (Å²) < 4.78 is 90.9. The molecule has 1 aliphatic heterocycles. The first kappa shape index (κ1) is 24.2. The Morgan fingerprint density at radius 2 is 1.85 bits per heavy atom. The molecule has 2 atom stereocenters. The molecule has 33 heavy (non-hydrogen) atoms. The number of carbonyl (C=O) groups is 1. The Bertz CT molecular complexity index is 1050. The number of alkyl halides is 6. The standard InChI is InChI=1S/C21H17F6N3O3/c1-12(31)29-14-3-6-16(7-4-14)32-11-17-10-30(19(33-17)21(25,26)27)15-5-2-13(9-28)18(8-15)20(22,23)24/h2-8,17,19H,10-11H2,1H3,(H,29,31). The minimum Gasteiger partial charge on any atom is -0.491 e. The Labute approximate surface area is 184 Å². The molecular formula is C21H17F6N3O3. The van der Waals surface area contributed by atoms with Crippen molar-refractivity contribution in [2.24, 2.45) is 0 Å². The van der Waals surface area contributed by atoms with Crippen LogP contribution < -0.4 is 15.0 Å². The van der Waals surface area contributed by atoms with Gasteiger partial charge >= 0.3 is 12.4 Å². The summed E-state index contributed by atoms with van der Waals surface area (Å²) in [5.41, 5.74) is -1.91. The number of halogens is 6. The molecule has 2 unspecified atom stereocenters. The zero-order valence-electron chi connectivity index (χ0n) is 17.0. The first-order valence-electron chi connectivity index (χ1n) is 9.49. The van der Waals surface area contributed by atoms with E-state index in [1.54, 1.807) is 0 Å². The smallest absolute Gasteiger partial charge is 0.433 e. The third-order valence-corrected chi connectivity index (χ3v) is 4.66. The predicted octanol–water partition coefficient (Wildman–Crippen LogP) is 4.71. The maximum Gasteiger partial charge on any atom is 0.433 e. The molecule has 1 N–H and O–H groups in total. The van der Waals surface area contributed by atoms with E-state index < -0.39 is 42.4 Å². The molecule has 0 aliphatic carbocycles. The Hall–Kier alpha value is -3.46. The van der Waals surface area contributed by atoms with Gasteiger partial charge in [0, 0.05) is 18.3 Å². The number of rotatable bonds is 5. The van der Waals surface area contributed by atoms with Gasteiger partial charge in [-0.2, -0.15) is 31.6 Å². The first-order chi connectivity index (χ1) is 15.4. The molecule has 2 aromatic carbocycles. The zero-order chi connectivity index (χ0) is 24.4. The molecule has 1 fully saturated rings. The van der Waals surface area contributed by atoms with Crippen LogP contribution in [0.15, 0.2) is 42.5 Å². The molecule has 0 radical (unpaired) electrons. The van der Waals surface area contributed by atoms with Crippen molar-refractivity contribution in [2.75, 3.05) is 23.4 Å². The van der Waals surface area contributed by atoms with E-state index in [4.69, 9.17) is 14.7 Å². The number of hydrogen-bond donors (Lipinski definition) is 1. The maximum absolute atomic E-state index is 13.5. The summed E-state index contributed by atoms with van der Waals surface area (Å²) in [4.78, 5) is 11.7. The number of benzene rings is 2. The highest BCUT2D eigenvalue weighted by atomic mass is 19.4. The van der Waals surface area contributed by atoms with Crippen LogP contribution in [0.2, 0.25) is 0 Å². The van der Waals surface area contributed by atoms with E-state index in [0.717, 1.165) is 12.1 Å². The molecule has 0 aromatic heterocycles. The van der Waals surface area contributed by atoms with Gasteiger partial charge in [-0.1, -0.05) is 0 Å². The molecule has 1 amide bonds. The second-order valence-electron chi connectivity index (χ2n) is 7.16. The van der Waals surface area contributed by atoms with Crippen molar-refractivity contribution in [3.63, 3.8) is 0 Å². The number of carbonyl (C=O) groups excluding carboxylic acids is 1. The van der Waals surface area contributed by atoms with Gasteiger partial charge in [-0.05, 0) is 42.5 Å². The number of anilines is 2. The van der Waals surface area contributed by atoms with Crippen molar-refractivity contribution in [1.29, 1.82) is 5.26 Å². The van der Waals surface area contributed by atoms with Crippen LogP contribution in [0.4, 0.5) is 37.7 Å². The summed E-state index contributed by atoms with van der Waals surface area (Å²) in [5, 5.41) is 11.4. The lowest BCUT2D eigenvalue weighted by Crippen LogP contribution is -2.42. The summed E-state index contributed by atoms with van der Waals surface area (Å²) in [6, 6.07) is 9.79. The minimum atomic E-state index is -4.92. The van der Waals surface area contributed by atoms with Crippen molar-refractivity contribution < 1.29 is 40.6 Å². The van der Waals surface area contributed by atoms with Crippen molar-refractivity contribution in [3.8, 4) is 11.8 Å². The van der Waals surface area contributed by atoms with Crippen LogP contribution in [0.1, 0.15) is 18.1 Å². The fourth-order valence-corrected chi connectivity index (χ4v) is 3.27. The molecule has 3 rings (SSSR count). The van der Waals surface area contributed by atoms with Crippen LogP contribution in [-0.2, 0) is 15.7 Å². The molecule has 0 saturated carbocycles.